The van der Waals surface area contributed by atoms with Gasteiger partial charge in [0, 0.05) is 5.71 Å². The van der Waals surface area contributed by atoms with Crippen LogP contribution >= 0.6 is 0 Å². The van der Waals surface area contributed by atoms with Crippen LogP contribution in [0.25, 0.3) is 11.2 Å². The molecule has 4 N–H and O–H groups in total. The van der Waals surface area contributed by atoms with Gasteiger partial charge in [0.25, 0.3) is 0 Å². The first-order chi connectivity index (χ1) is 11.0. The topological polar surface area (TPSA) is 138 Å². The minimum atomic E-state index is -1.20. The van der Waals surface area contributed by atoms with Crippen LogP contribution in [0, 0.1) is 0 Å². The molecule has 0 radical (unpaired) electrons. The first-order valence-electron chi connectivity index (χ1n) is 7.09. The van der Waals surface area contributed by atoms with Crippen LogP contribution in [-0.2, 0) is 4.74 Å². The van der Waals surface area contributed by atoms with Crippen molar-refractivity contribution < 1.29 is 20.1 Å². The Morgan fingerprint density at radius 2 is 2.09 bits per heavy atom. The van der Waals surface area contributed by atoms with E-state index in [9.17, 15) is 15.3 Å². The SMILES string of the molecule is CC(C)=NNc1ncnc2c1ncn2C1O[C@H](CO)[C@@H](O)[C@H]1O. The maximum Gasteiger partial charge on any atom is 0.177 e. The van der Waals surface area contributed by atoms with Gasteiger partial charge in [-0.05, 0) is 13.8 Å². The van der Waals surface area contributed by atoms with E-state index in [1.807, 2.05) is 13.8 Å². The van der Waals surface area contributed by atoms with Crippen molar-refractivity contribution in [3.63, 3.8) is 0 Å². The molecule has 2 aromatic rings. The molecule has 23 heavy (non-hydrogen) atoms. The maximum atomic E-state index is 10.1. The molecule has 0 bridgehead atoms. The number of aliphatic hydroxyl groups is 3. The number of nitrogens with zero attached hydrogens (tertiary/aromatic N) is 5. The third kappa shape index (κ3) is 2.77. The third-order valence-electron chi connectivity index (χ3n) is 3.54. The van der Waals surface area contributed by atoms with Crippen LogP contribution in [0.15, 0.2) is 17.8 Å². The summed E-state index contributed by atoms with van der Waals surface area (Å²) in [6.07, 6.45) is -1.37. The van der Waals surface area contributed by atoms with E-state index in [2.05, 4.69) is 25.5 Å². The van der Waals surface area contributed by atoms with Crippen LogP contribution in [0.2, 0.25) is 0 Å². The molecule has 1 aliphatic heterocycles. The molecular weight excluding hydrogens is 304 g/mol. The lowest BCUT2D eigenvalue weighted by molar-refractivity contribution is -0.0511. The van der Waals surface area contributed by atoms with Crippen molar-refractivity contribution in [1.29, 1.82) is 0 Å². The first-order valence-corrected chi connectivity index (χ1v) is 7.09. The van der Waals surface area contributed by atoms with Gasteiger partial charge in [-0.15, -0.1) is 0 Å². The number of hydrazone groups is 1. The number of nitrogens with one attached hydrogen (secondary N) is 1. The van der Waals surface area contributed by atoms with E-state index in [1.165, 1.54) is 17.2 Å². The Kier molecular flexibility index (Phi) is 4.22. The van der Waals surface area contributed by atoms with Gasteiger partial charge in [0.15, 0.2) is 23.2 Å². The Balaban J connectivity index is 1.97. The Morgan fingerprint density at radius 1 is 1.30 bits per heavy atom. The quantitative estimate of drug-likeness (QED) is 0.426. The Labute approximate surface area is 131 Å². The molecule has 1 unspecified atom stereocenters. The summed E-state index contributed by atoms with van der Waals surface area (Å²) in [5.74, 6) is 0.418. The van der Waals surface area contributed by atoms with Gasteiger partial charge in [0.2, 0.25) is 0 Å². The second-order valence-electron chi connectivity index (χ2n) is 5.45. The summed E-state index contributed by atoms with van der Waals surface area (Å²) in [5.41, 5.74) is 4.49. The molecule has 10 heteroatoms. The number of aliphatic hydroxyl groups excluding tert-OH is 3. The molecule has 124 valence electrons. The highest BCUT2D eigenvalue weighted by Gasteiger charge is 2.44. The number of anilines is 1. The summed E-state index contributed by atoms with van der Waals surface area (Å²) in [6.45, 7) is 3.28. The predicted molar refractivity (Wildman–Crippen MR) is 80.7 cm³/mol. The monoisotopic (exact) mass is 322 g/mol. The molecule has 10 nitrogen and oxygen atoms in total. The molecule has 2 aromatic heterocycles. The molecule has 0 amide bonds. The van der Waals surface area contributed by atoms with E-state index in [4.69, 9.17) is 4.74 Å². The van der Waals surface area contributed by atoms with Gasteiger partial charge in [-0.2, -0.15) is 5.10 Å². The van der Waals surface area contributed by atoms with Crippen molar-refractivity contribution in [2.75, 3.05) is 12.0 Å². The number of hydrogen-bond donors (Lipinski definition) is 4. The summed E-state index contributed by atoms with van der Waals surface area (Å²) in [7, 11) is 0. The van der Waals surface area contributed by atoms with Crippen molar-refractivity contribution in [1.82, 2.24) is 19.5 Å². The number of hydrogen-bond acceptors (Lipinski definition) is 9. The van der Waals surface area contributed by atoms with Gasteiger partial charge in [-0.25, -0.2) is 15.0 Å². The fourth-order valence-corrected chi connectivity index (χ4v) is 2.39. The molecule has 0 saturated carbocycles. The molecular formula is C13H18N6O4. The zero-order valence-electron chi connectivity index (χ0n) is 12.7. The standard InChI is InChI=1S/C13H18N6O4/c1-6(2)17-18-11-8-12(15-4-14-11)19(5-16-8)13-10(22)9(21)7(3-20)23-13/h4-5,7,9-10,13,20-22H,3H2,1-2H3,(H,14,15,18)/t7-,9-,10-,13?/m1/s1. The van der Waals surface area contributed by atoms with E-state index in [1.54, 1.807) is 0 Å². The smallest absolute Gasteiger partial charge is 0.177 e. The highest BCUT2D eigenvalue weighted by molar-refractivity contribution is 5.84. The summed E-state index contributed by atoms with van der Waals surface area (Å²) in [6, 6.07) is 0. The van der Waals surface area contributed by atoms with Crippen LogP contribution < -0.4 is 5.43 Å². The molecule has 0 spiro atoms. The van der Waals surface area contributed by atoms with Crippen LogP contribution in [-0.4, -0.2) is 65.5 Å². The average Bonchev–Trinajstić information content (AvgIpc) is 3.08. The van der Waals surface area contributed by atoms with E-state index in [0.29, 0.717) is 17.0 Å². The molecule has 1 aliphatic rings. The van der Waals surface area contributed by atoms with Crippen LogP contribution in [0.3, 0.4) is 0 Å². The lowest BCUT2D eigenvalue weighted by Gasteiger charge is -2.16. The van der Waals surface area contributed by atoms with Gasteiger partial charge >= 0.3 is 0 Å². The third-order valence-corrected chi connectivity index (χ3v) is 3.54. The van der Waals surface area contributed by atoms with Crippen LogP contribution in [0.4, 0.5) is 5.82 Å². The van der Waals surface area contributed by atoms with Gasteiger partial charge in [-0.3, -0.25) is 9.99 Å². The van der Waals surface area contributed by atoms with E-state index in [0.717, 1.165) is 5.71 Å². The molecule has 0 aromatic carbocycles. The summed E-state index contributed by atoms with van der Waals surface area (Å²) in [5, 5.41) is 33.2. The highest BCUT2D eigenvalue weighted by atomic mass is 16.6. The number of ether oxygens (including phenoxy) is 1. The Morgan fingerprint density at radius 3 is 2.74 bits per heavy atom. The first kappa shape index (κ1) is 15.7. The largest absolute Gasteiger partial charge is 0.394 e. The number of aromatic nitrogens is 4. The van der Waals surface area contributed by atoms with Gasteiger partial charge < -0.3 is 20.1 Å². The minimum absolute atomic E-state index is 0.395. The second kappa shape index (κ2) is 6.16. The number of rotatable bonds is 4. The summed E-state index contributed by atoms with van der Waals surface area (Å²) >= 11 is 0. The van der Waals surface area contributed by atoms with Gasteiger partial charge in [0.1, 0.15) is 24.6 Å². The van der Waals surface area contributed by atoms with Gasteiger partial charge in [0.05, 0.1) is 12.9 Å². The fraction of sp³-hybridized carbons (Fsp3) is 0.538. The van der Waals surface area contributed by atoms with E-state index >= 15 is 0 Å². The number of imidazole rings is 1. The van der Waals surface area contributed by atoms with Crippen LogP contribution in [0.5, 0.6) is 0 Å². The lowest BCUT2D eigenvalue weighted by atomic mass is 10.1. The molecule has 3 rings (SSSR count). The molecule has 1 saturated heterocycles. The molecule has 4 atom stereocenters. The van der Waals surface area contributed by atoms with Crippen molar-refractivity contribution in [2.45, 2.75) is 38.4 Å². The van der Waals surface area contributed by atoms with Crippen molar-refractivity contribution in [2.24, 2.45) is 5.10 Å². The van der Waals surface area contributed by atoms with Gasteiger partial charge in [-0.1, -0.05) is 0 Å². The van der Waals surface area contributed by atoms with Crippen molar-refractivity contribution in [3.8, 4) is 0 Å². The van der Waals surface area contributed by atoms with Crippen molar-refractivity contribution in [3.05, 3.63) is 12.7 Å². The Hall–Kier alpha value is -2.14. The Bertz CT molecular complexity index is 728. The zero-order valence-corrected chi connectivity index (χ0v) is 12.7. The zero-order chi connectivity index (χ0) is 16.6. The summed E-state index contributed by atoms with van der Waals surface area (Å²) < 4.78 is 6.98. The molecule has 3 heterocycles. The molecule has 0 aliphatic carbocycles. The predicted octanol–water partition coefficient (Wildman–Crippen LogP) is -0.755. The highest BCUT2D eigenvalue weighted by Crippen LogP contribution is 2.31. The second-order valence-corrected chi connectivity index (χ2v) is 5.45. The van der Waals surface area contributed by atoms with Crippen LogP contribution in [0.1, 0.15) is 20.1 Å². The van der Waals surface area contributed by atoms with E-state index in [-0.39, 0.29) is 0 Å². The minimum Gasteiger partial charge on any atom is -0.394 e. The normalized spacial score (nSPS) is 27.3. The average molecular weight is 322 g/mol. The summed E-state index contributed by atoms with van der Waals surface area (Å²) in [4.78, 5) is 12.5. The molecule has 1 fully saturated rings. The van der Waals surface area contributed by atoms with E-state index < -0.39 is 31.1 Å². The maximum absolute atomic E-state index is 10.1. The number of fused-ring (bicyclic) bond motifs is 1. The lowest BCUT2D eigenvalue weighted by Crippen LogP contribution is -2.33. The fourth-order valence-electron chi connectivity index (χ4n) is 2.39. The van der Waals surface area contributed by atoms with Crippen molar-refractivity contribution >= 4 is 22.7 Å².